The van der Waals surface area contributed by atoms with Crippen LogP contribution >= 0.6 is 0 Å². The van der Waals surface area contributed by atoms with Crippen molar-refractivity contribution in [3.8, 4) is 0 Å². The molecule has 1 heterocycles. The van der Waals surface area contributed by atoms with Gasteiger partial charge in [0.05, 0.1) is 6.10 Å². The van der Waals surface area contributed by atoms with Gasteiger partial charge in [0, 0.05) is 6.61 Å². The Morgan fingerprint density at radius 3 is 2.00 bits per heavy atom. The highest BCUT2D eigenvalue weighted by molar-refractivity contribution is 4.55. The molecule has 1 aliphatic rings. The third kappa shape index (κ3) is 6.09. The molecule has 1 rings (SSSR count). The van der Waals surface area contributed by atoms with Crippen LogP contribution in [-0.2, 0) is 4.74 Å². The van der Waals surface area contributed by atoms with Gasteiger partial charge in [-0.05, 0) is 26.2 Å². The van der Waals surface area contributed by atoms with E-state index in [1.807, 2.05) is 13.8 Å². The van der Waals surface area contributed by atoms with Gasteiger partial charge in [-0.2, -0.15) is 0 Å². The van der Waals surface area contributed by atoms with Crippen LogP contribution in [0.1, 0.15) is 47.5 Å². The molecule has 0 amide bonds. The minimum absolute atomic E-state index is 0. The fraction of sp³-hybridized carbons (Fsp3) is 1.00. The van der Waals surface area contributed by atoms with Crippen LogP contribution in [0.5, 0.6) is 0 Å². The van der Waals surface area contributed by atoms with E-state index in [0.29, 0.717) is 6.10 Å². The highest BCUT2D eigenvalue weighted by atomic mass is 16.5. The SMILES string of the molecule is C.CC.CC1CCCCO1. The van der Waals surface area contributed by atoms with Crippen molar-refractivity contribution in [3.05, 3.63) is 0 Å². The lowest BCUT2D eigenvalue weighted by Crippen LogP contribution is -2.14. The molecule has 1 aliphatic heterocycles. The van der Waals surface area contributed by atoms with Gasteiger partial charge in [0.1, 0.15) is 0 Å². The van der Waals surface area contributed by atoms with Crippen molar-refractivity contribution in [2.45, 2.75) is 53.6 Å². The fourth-order valence-electron chi connectivity index (χ4n) is 0.902. The highest BCUT2D eigenvalue weighted by Crippen LogP contribution is 2.10. The normalized spacial score (nSPS) is 23.7. The summed E-state index contributed by atoms with van der Waals surface area (Å²) in [6.07, 6.45) is 4.43. The lowest BCUT2D eigenvalue weighted by atomic mass is 10.1. The van der Waals surface area contributed by atoms with Gasteiger partial charge in [0.15, 0.2) is 0 Å². The minimum atomic E-state index is 0. The summed E-state index contributed by atoms with van der Waals surface area (Å²) in [5.41, 5.74) is 0. The molecule has 0 saturated carbocycles. The summed E-state index contributed by atoms with van der Waals surface area (Å²) < 4.78 is 5.28. The van der Waals surface area contributed by atoms with Crippen molar-refractivity contribution in [1.82, 2.24) is 0 Å². The van der Waals surface area contributed by atoms with Crippen molar-refractivity contribution in [2.75, 3.05) is 6.61 Å². The molecular formula is C9H22O. The van der Waals surface area contributed by atoms with E-state index >= 15 is 0 Å². The van der Waals surface area contributed by atoms with Crippen molar-refractivity contribution in [3.63, 3.8) is 0 Å². The maximum Gasteiger partial charge on any atom is 0.0547 e. The van der Waals surface area contributed by atoms with E-state index in [4.69, 9.17) is 4.74 Å². The molecule has 0 aromatic carbocycles. The van der Waals surface area contributed by atoms with Crippen LogP contribution in [0.15, 0.2) is 0 Å². The Morgan fingerprint density at radius 2 is 1.80 bits per heavy atom. The van der Waals surface area contributed by atoms with Crippen molar-refractivity contribution < 1.29 is 4.74 Å². The Labute approximate surface area is 65.8 Å². The lowest BCUT2D eigenvalue weighted by molar-refractivity contribution is 0.0285. The zero-order valence-corrected chi connectivity index (χ0v) is 6.81. The van der Waals surface area contributed by atoms with E-state index in [9.17, 15) is 0 Å². The number of hydrogen-bond acceptors (Lipinski definition) is 1. The number of ether oxygens (including phenoxy) is 1. The summed E-state index contributed by atoms with van der Waals surface area (Å²) in [6, 6.07) is 0. The first-order valence-corrected chi connectivity index (χ1v) is 4.01. The smallest absolute Gasteiger partial charge is 0.0547 e. The molecule has 0 N–H and O–H groups in total. The molecular weight excluding hydrogens is 124 g/mol. The van der Waals surface area contributed by atoms with Crippen LogP contribution in [0.4, 0.5) is 0 Å². The standard InChI is InChI=1S/C6H12O.C2H6.CH4/c1-6-4-2-3-5-7-6;1-2;/h6H,2-5H2,1H3;1-2H3;1H4. The number of rotatable bonds is 0. The predicted octanol–water partition coefficient (Wildman–Crippen LogP) is 3.24. The largest absolute Gasteiger partial charge is 0.379 e. The van der Waals surface area contributed by atoms with Crippen LogP contribution < -0.4 is 0 Å². The fourth-order valence-corrected chi connectivity index (χ4v) is 0.902. The quantitative estimate of drug-likeness (QED) is 0.510. The van der Waals surface area contributed by atoms with Crippen LogP contribution in [0.3, 0.4) is 0 Å². The van der Waals surface area contributed by atoms with Gasteiger partial charge in [-0.3, -0.25) is 0 Å². The second kappa shape index (κ2) is 8.96. The minimum Gasteiger partial charge on any atom is -0.379 e. The van der Waals surface area contributed by atoms with E-state index < -0.39 is 0 Å². The third-order valence-electron chi connectivity index (χ3n) is 1.41. The first kappa shape index (κ1) is 12.6. The van der Waals surface area contributed by atoms with Crippen LogP contribution in [0.2, 0.25) is 0 Å². The molecule has 1 atom stereocenters. The zero-order chi connectivity index (χ0) is 7.11. The van der Waals surface area contributed by atoms with Gasteiger partial charge >= 0.3 is 0 Å². The summed E-state index contributed by atoms with van der Waals surface area (Å²) in [7, 11) is 0. The van der Waals surface area contributed by atoms with Crippen molar-refractivity contribution in [1.29, 1.82) is 0 Å². The van der Waals surface area contributed by atoms with Crippen LogP contribution in [-0.4, -0.2) is 12.7 Å². The van der Waals surface area contributed by atoms with E-state index in [0.717, 1.165) is 6.61 Å². The molecule has 0 aromatic heterocycles. The van der Waals surface area contributed by atoms with Crippen LogP contribution in [0, 0.1) is 0 Å². The molecule has 1 nitrogen and oxygen atoms in total. The molecule has 0 aliphatic carbocycles. The molecule has 10 heavy (non-hydrogen) atoms. The summed E-state index contributed by atoms with van der Waals surface area (Å²) >= 11 is 0. The monoisotopic (exact) mass is 146 g/mol. The van der Waals surface area contributed by atoms with E-state index in [2.05, 4.69) is 6.92 Å². The van der Waals surface area contributed by atoms with Crippen LogP contribution in [0.25, 0.3) is 0 Å². The maximum atomic E-state index is 5.28. The predicted molar refractivity (Wildman–Crippen MR) is 47.3 cm³/mol. The van der Waals surface area contributed by atoms with E-state index in [1.54, 1.807) is 0 Å². The lowest BCUT2D eigenvalue weighted by Gasteiger charge is -2.17. The average Bonchev–Trinajstić information content (AvgIpc) is 1.94. The third-order valence-corrected chi connectivity index (χ3v) is 1.41. The molecule has 0 aromatic rings. The maximum absolute atomic E-state index is 5.28. The Balaban J connectivity index is 0. The summed E-state index contributed by atoms with van der Waals surface area (Å²) in [4.78, 5) is 0. The Morgan fingerprint density at radius 1 is 1.20 bits per heavy atom. The van der Waals surface area contributed by atoms with Crippen molar-refractivity contribution >= 4 is 0 Å². The van der Waals surface area contributed by atoms with Gasteiger partial charge in [-0.15, -0.1) is 0 Å². The average molecular weight is 146 g/mol. The summed E-state index contributed by atoms with van der Waals surface area (Å²) in [5, 5.41) is 0. The molecule has 0 radical (unpaired) electrons. The van der Waals surface area contributed by atoms with Gasteiger partial charge in [0.2, 0.25) is 0 Å². The molecule has 0 spiro atoms. The first-order valence-electron chi connectivity index (χ1n) is 4.01. The van der Waals surface area contributed by atoms with E-state index in [1.165, 1.54) is 19.3 Å². The van der Waals surface area contributed by atoms with Gasteiger partial charge < -0.3 is 4.74 Å². The molecule has 0 bridgehead atoms. The van der Waals surface area contributed by atoms with E-state index in [-0.39, 0.29) is 7.43 Å². The Hall–Kier alpha value is -0.0400. The topological polar surface area (TPSA) is 9.23 Å². The first-order chi connectivity index (χ1) is 4.39. The highest BCUT2D eigenvalue weighted by Gasteiger charge is 2.05. The second-order valence-electron chi connectivity index (χ2n) is 2.18. The molecule has 1 fully saturated rings. The Kier molecular flexibility index (Phi) is 11.3. The molecule has 1 unspecified atom stereocenters. The van der Waals surface area contributed by atoms with Crippen molar-refractivity contribution in [2.24, 2.45) is 0 Å². The Bertz CT molecular complexity index is 46.7. The summed E-state index contributed by atoms with van der Waals surface area (Å²) in [5.74, 6) is 0. The number of hydrogen-bond donors (Lipinski definition) is 0. The van der Waals surface area contributed by atoms with Gasteiger partial charge in [-0.1, -0.05) is 21.3 Å². The summed E-state index contributed by atoms with van der Waals surface area (Å²) in [6.45, 7) is 7.13. The van der Waals surface area contributed by atoms with Gasteiger partial charge in [-0.25, -0.2) is 0 Å². The zero-order valence-electron chi connectivity index (χ0n) is 6.81. The van der Waals surface area contributed by atoms with Gasteiger partial charge in [0.25, 0.3) is 0 Å². The molecule has 1 heteroatoms. The molecule has 1 saturated heterocycles. The second-order valence-corrected chi connectivity index (χ2v) is 2.18. The molecule has 64 valence electrons.